The molecular weight excluding hydrogens is 257 g/mol. The van der Waals surface area contributed by atoms with Crippen molar-refractivity contribution >= 4 is 11.6 Å². The zero-order chi connectivity index (χ0) is 13.1. The van der Waals surface area contributed by atoms with Crippen molar-refractivity contribution in [3.63, 3.8) is 0 Å². The van der Waals surface area contributed by atoms with Crippen LogP contribution in [0.3, 0.4) is 0 Å². The molecule has 18 heavy (non-hydrogen) atoms. The molecule has 2 rings (SSSR count). The van der Waals surface area contributed by atoms with Gasteiger partial charge in [0.25, 0.3) is 0 Å². The van der Waals surface area contributed by atoms with Crippen LogP contribution in [-0.2, 0) is 0 Å². The van der Waals surface area contributed by atoms with Gasteiger partial charge in [-0.2, -0.15) is 0 Å². The van der Waals surface area contributed by atoms with Gasteiger partial charge in [0.1, 0.15) is 5.75 Å². The second kappa shape index (κ2) is 5.33. The minimum Gasteiger partial charge on any atom is -0.453 e. The van der Waals surface area contributed by atoms with Gasteiger partial charge < -0.3 is 9.84 Å². The molecule has 1 atom stereocenters. The molecule has 94 valence electrons. The highest BCUT2D eigenvalue weighted by Gasteiger charge is 2.09. The van der Waals surface area contributed by atoms with E-state index in [1.54, 1.807) is 25.1 Å². The molecule has 0 amide bonds. The molecule has 1 aromatic heterocycles. The van der Waals surface area contributed by atoms with Gasteiger partial charge in [0.2, 0.25) is 0 Å². The van der Waals surface area contributed by atoms with Crippen LogP contribution in [0.25, 0.3) is 0 Å². The molecule has 0 aliphatic carbocycles. The highest BCUT2D eigenvalue weighted by molar-refractivity contribution is 6.30. The Morgan fingerprint density at radius 2 is 2.11 bits per heavy atom. The second-order valence-corrected chi connectivity index (χ2v) is 4.16. The molecule has 5 heteroatoms. The van der Waals surface area contributed by atoms with E-state index in [2.05, 4.69) is 4.98 Å². The number of aliphatic hydroxyl groups is 1. The Morgan fingerprint density at radius 3 is 2.72 bits per heavy atom. The van der Waals surface area contributed by atoms with Crippen LogP contribution in [-0.4, -0.2) is 10.1 Å². The fraction of sp³-hybridized carbons (Fsp3) is 0.154. The van der Waals surface area contributed by atoms with E-state index < -0.39 is 11.9 Å². The van der Waals surface area contributed by atoms with Crippen molar-refractivity contribution in [3.05, 3.63) is 53.1 Å². The van der Waals surface area contributed by atoms with Gasteiger partial charge in [0, 0.05) is 0 Å². The van der Waals surface area contributed by atoms with Crippen LogP contribution in [0.1, 0.15) is 18.7 Å². The molecule has 0 saturated heterocycles. The molecule has 0 aliphatic heterocycles. The largest absolute Gasteiger partial charge is 0.453 e. The molecular formula is C13H11ClFNO2. The number of hydrogen-bond acceptors (Lipinski definition) is 3. The molecule has 1 N–H and O–H groups in total. The van der Waals surface area contributed by atoms with E-state index >= 15 is 0 Å². The third-order valence-electron chi connectivity index (χ3n) is 2.33. The highest BCUT2D eigenvalue weighted by atomic mass is 35.5. The van der Waals surface area contributed by atoms with E-state index in [0.717, 1.165) is 0 Å². The first kappa shape index (κ1) is 12.8. The Morgan fingerprint density at radius 1 is 1.33 bits per heavy atom. The van der Waals surface area contributed by atoms with Crippen molar-refractivity contribution in [1.29, 1.82) is 0 Å². The summed E-state index contributed by atoms with van der Waals surface area (Å²) in [6, 6.07) is 7.73. The standard InChI is InChI=1S/C13H11ClFNO2/c1-8(17)11-6-5-9(7-16-11)18-12-4-2-3-10(14)13(12)15/h2-8,17H,1H3. The molecule has 1 aromatic carbocycles. The Balaban J connectivity index is 2.21. The summed E-state index contributed by atoms with van der Waals surface area (Å²) < 4.78 is 18.9. The quantitative estimate of drug-likeness (QED) is 0.922. The number of halogens is 2. The monoisotopic (exact) mass is 267 g/mol. The van der Waals surface area contributed by atoms with Crippen molar-refractivity contribution in [2.75, 3.05) is 0 Å². The van der Waals surface area contributed by atoms with Crippen LogP contribution in [0.2, 0.25) is 5.02 Å². The van der Waals surface area contributed by atoms with Gasteiger partial charge in [0.05, 0.1) is 23.0 Å². The Kier molecular flexibility index (Phi) is 3.79. The van der Waals surface area contributed by atoms with Crippen molar-refractivity contribution in [2.24, 2.45) is 0 Å². The predicted molar refractivity (Wildman–Crippen MR) is 66.4 cm³/mol. The summed E-state index contributed by atoms with van der Waals surface area (Å²) in [5.74, 6) is -0.201. The average molecular weight is 268 g/mol. The number of hydrogen-bond donors (Lipinski definition) is 1. The van der Waals surface area contributed by atoms with Crippen LogP contribution in [0.5, 0.6) is 11.5 Å². The lowest BCUT2D eigenvalue weighted by Gasteiger charge is -2.08. The summed E-state index contributed by atoms with van der Waals surface area (Å²) in [6.45, 7) is 1.61. The van der Waals surface area contributed by atoms with Crippen LogP contribution in [0.4, 0.5) is 4.39 Å². The van der Waals surface area contributed by atoms with Crippen LogP contribution in [0, 0.1) is 5.82 Å². The molecule has 0 radical (unpaired) electrons. The molecule has 1 unspecified atom stereocenters. The van der Waals surface area contributed by atoms with Crippen LogP contribution in [0.15, 0.2) is 36.5 Å². The van der Waals surface area contributed by atoms with E-state index in [1.807, 2.05) is 0 Å². The first-order chi connectivity index (χ1) is 8.58. The first-order valence-corrected chi connectivity index (χ1v) is 5.71. The minimum atomic E-state index is -0.651. The summed E-state index contributed by atoms with van der Waals surface area (Å²) in [6.07, 6.45) is 0.768. The lowest BCUT2D eigenvalue weighted by Crippen LogP contribution is -1.95. The fourth-order valence-electron chi connectivity index (χ4n) is 1.39. The maximum atomic E-state index is 13.6. The summed E-state index contributed by atoms with van der Waals surface area (Å²) in [5, 5.41) is 9.31. The van der Waals surface area contributed by atoms with E-state index in [9.17, 15) is 9.50 Å². The van der Waals surface area contributed by atoms with E-state index in [1.165, 1.54) is 18.3 Å². The summed E-state index contributed by atoms with van der Waals surface area (Å²) in [7, 11) is 0. The smallest absolute Gasteiger partial charge is 0.184 e. The average Bonchev–Trinajstić information content (AvgIpc) is 2.36. The molecule has 0 saturated carbocycles. The van der Waals surface area contributed by atoms with Gasteiger partial charge in [-0.25, -0.2) is 4.39 Å². The topological polar surface area (TPSA) is 42.4 Å². The van der Waals surface area contributed by atoms with Crippen molar-refractivity contribution < 1.29 is 14.2 Å². The van der Waals surface area contributed by atoms with Crippen LogP contribution >= 0.6 is 11.6 Å². The third kappa shape index (κ3) is 2.78. The lowest BCUT2D eigenvalue weighted by molar-refractivity contribution is 0.194. The molecule has 1 heterocycles. The number of aliphatic hydroxyl groups excluding tert-OH is 1. The van der Waals surface area contributed by atoms with Gasteiger partial charge >= 0.3 is 0 Å². The first-order valence-electron chi connectivity index (χ1n) is 5.34. The zero-order valence-electron chi connectivity index (χ0n) is 9.60. The highest BCUT2D eigenvalue weighted by Crippen LogP contribution is 2.28. The predicted octanol–water partition coefficient (Wildman–Crippen LogP) is 3.72. The summed E-state index contributed by atoms with van der Waals surface area (Å²) in [5.41, 5.74) is 0.522. The number of nitrogens with zero attached hydrogens (tertiary/aromatic N) is 1. The number of ether oxygens (including phenoxy) is 1. The Bertz CT molecular complexity index is 543. The van der Waals surface area contributed by atoms with Gasteiger partial charge in [-0.05, 0) is 31.2 Å². The maximum Gasteiger partial charge on any atom is 0.184 e. The minimum absolute atomic E-state index is 0.000981. The Labute approximate surface area is 109 Å². The molecule has 0 spiro atoms. The summed E-state index contributed by atoms with van der Waals surface area (Å²) >= 11 is 5.64. The molecule has 3 nitrogen and oxygen atoms in total. The number of aromatic nitrogens is 1. The zero-order valence-corrected chi connectivity index (χ0v) is 10.4. The second-order valence-electron chi connectivity index (χ2n) is 3.75. The molecule has 0 aliphatic rings. The van der Waals surface area contributed by atoms with Gasteiger partial charge in [-0.15, -0.1) is 0 Å². The van der Waals surface area contributed by atoms with Gasteiger partial charge in [-0.3, -0.25) is 4.98 Å². The van der Waals surface area contributed by atoms with Crippen LogP contribution < -0.4 is 4.74 Å². The van der Waals surface area contributed by atoms with Crippen molar-refractivity contribution in [1.82, 2.24) is 4.98 Å². The van der Waals surface area contributed by atoms with E-state index in [-0.39, 0.29) is 10.8 Å². The SMILES string of the molecule is CC(O)c1ccc(Oc2cccc(Cl)c2F)cn1. The van der Waals surface area contributed by atoms with Gasteiger partial charge in [-0.1, -0.05) is 17.7 Å². The third-order valence-corrected chi connectivity index (χ3v) is 2.62. The Hall–Kier alpha value is -1.65. The number of rotatable bonds is 3. The fourth-order valence-corrected chi connectivity index (χ4v) is 1.55. The molecule has 2 aromatic rings. The summed E-state index contributed by atoms with van der Waals surface area (Å²) in [4.78, 5) is 4.00. The maximum absolute atomic E-state index is 13.6. The van der Waals surface area contributed by atoms with Crippen molar-refractivity contribution in [2.45, 2.75) is 13.0 Å². The number of benzene rings is 1. The molecule has 0 fully saturated rings. The van der Waals surface area contributed by atoms with Gasteiger partial charge in [0.15, 0.2) is 11.6 Å². The van der Waals surface area contributed by atoms with E-state index in [4.69, 9.17) is 16.3 Å². The lowest BCUT2D eigenvalue weighted by atomic mass is 10.2. The van der Waals surface area contributed by atoms with E-state index in [0.29, 0.717) is 11.4 Å². The number of pyridine rings is 1. The molecule has 0 bridgehead atoms. The van der Waals surface area contributed by atoms with Crippen molar-refractivity contribution in [3.8, 4) is 11.5 Å². The normalized spacial score (nSPS) is 12.2.